The Morgan fingerprint density at radius 1 is 1.27 bits per heavy atom. The molecule has 0 saturated carbocycles. The van der Waals surface area contributed by atoms with E-state index in [1.54, 1.807) is 0 Å². The van der Waals surface area contributed by atoms with E-state index in [0.717, 1.165) is 14.7 Å². The third-order valence-corrected chi connectivity index (χ3v) is 3.96. The van der Waals surface area contributed by atoms with E-state index in [-0.39, 0.29) is 0 Å². The van der Waals surface area contributed by atoms with E-state index < -0.39 is 0 Å². The second-order valence-corrected chi connectivity index (χ2v) is 5.06. The maximum atomic E-state index is 3.46. The summed E-state index contributed by atoms with van der Waals surface area (Å²) < 4.78 is 2.23. The molecule has 0 spiro atoms. The van der Waals surface area contributed by atoms with Crippen LogP contribution in [0.1, 0.15) is 6.92 Å². The highest BCUT2D eigenvalue weighted by molar-refractivity contribution is 9.13. The number of rotatable bonds is 2. The van der Waals surface area contributed by atoms with Crippen molar-refractivity contribution in [3.05, 3.63) is 27.1 Å². The van der Waals surface area contributed by atoms with Gasteiger partial charge in [-0.3, -0.25) is 0 Å². The summed E-state index contributed by atoms with van der Waals surface area (Å²) in [6, 6.07) is 6.29. The molecule has 0 atom stereocenters. The van der Waals surface area contributed by atoms with Gasteiger partial charge in [-0.15, -0.1) is 11.8 Å². The largest absolute Gasteiger partial charge is 0.126 e. The Bertz CT molecular complexity index is 248. The average molecular weight is 296 g/mol. The zero-order valence-corrected chi connectivity index (χ0v) is 10.1. The minimum Gasteiger partial charge on any atom is -0.126 e. The molecule has 0 bridgehead atoms. The first-order valence-corrected chi connectivity index (χ1v) is 5.89. The first kappa shape index (κ1) is 9.62. The predicted molar refractivity (Wildman–Crippen MR) is 58.2 cm³/mol. The van der Waals surface area contributed by atoms with E-state index in [0.29, 0.717) is 0 Å². The van der Waals surface area contributed by atoms with Gasteiger partial charge < -0.3 is 0 Å². The smallest absolute Gasteiger partial charge is 0.0328 e. The van der Waals surface area contributed by atoms with Crippen LogP contribution >= 0.6 is 43.6 Å². The van der Waals surface area contributed by atoms with Crippen LogP contribution in [-0.4, -0.2) is 5.75 Å². The Morgan fingerprint density at radius 3 is 2.55 bits per heavy atom. The summed E-state index contributed by atoms with van der Waals surface area (Å²) in [5.74, 6) is 1.12. The highest BCUT2D eigenvalue weighted by atomic mass is 79.9. The molecule has 0 aromatic heterocycles. The molecule has 1 aromatic rings. The lowest BCUT2D eigenvalue weighted by Gasteiger charge is -2.00. The van der Waals surface area contributed by atoms with Gasteiger partial charge in [0.2, 0.25) is 0 Å². The van der Waals surface area contributed by atoms with Crippen LogP contribution in [0.4, 0.5) is 0 Å². The molecular formula is C8H8Br2S. The van der Waals surface area contributed by atoms with Crippen LogP contribution in [-0.2, 0) is 0 Å². The standard InChI is InChI=1S/C8H8Br2S/c1-2-11-6-3-4-7(9)8(10)5-6/h3-5H,2H2,1H3. The molecule has 0 unspecified atom stereocenters. The average Bonchev–Trinajstić information content (AvgIpc) is 1.98. The van der Waals surface area contributed by atoms with Crippen LogP contribution in [0.15, 0.2) is 32.0 Å². The molecule has 0 radical (unpaired) electrons. The molecule has 1 rings (SSSR count). The molecule has 11 heavy (non-hydrogen) atoms. The van der Waals surface area contributed by atoms with E-state index in [1.807, 2.05) is 11.8 Å². The summed E-state index contributed by atoms with van der Waals surface area (Å²) in [5, 5.41) is 0. The van der Waals surface area contributed by atoms with Crippen molar-refractivity contribution >= 4 is 43.6 Å². The number of benzene rings is 1. The predicted octanol–water partition coefficient (Wildman–Crippen LogP) is 4.32. The molecule has 0 saturated heterocycles. The molecule has 0 heterocycles. The monoisotopic (exact) mass is 294 g/mol. The Kier molecular flexibility index (Phi) is 3.96. The Balaban J connectivity index is 2.86. The lowest BCUT2D eigenvalue weighted by Crippen LogP contribution is -1.74. The Morgan fingerprint density at radius 2 is 2.00 bits per heavy atom. The summed E-state index contributed by atoms with van der Waals surface area (Å²) in [4.78, 5) is 1.31. The fourth-order valence-corrected chi connectivity index (χ4v) is 2.21. The molecule has 0 nitrogen and oxygen atoms in total. The maximum Gasteiger partial charge on any atom is 0.0328 e. The molecule has 0 N–H and O–H groups in total. The molecule has 0 fully saturated rings. The second-order valence-electron chi connectivity index (χ2n) is 2.01. The summed E-state index contributed by atoms with van der Waals surface area (Å²) >= 11 is 8.73. The fourth-order valence-electron chi connectivity index (χ4n) is 0.733. The van der Waals surface area contributed by atoms with Crippen molar-refractivity contribution in [2.45, 2.75) is 11.8 Å². The summed E-state index contributed by atoms with van der Waals surface area (Å²) in [7, 11) is 0. The SMILES string of the molecule is CCSc1ccc(Br)c(Br)c1. The van der Waals surface area contributed by atoms with Gasteiger partial charge in [-0.05, 0) is 55.8 Å². The minimum atomic E-state index is 1.11. The Hall–Kier alpha value is 0.530. The molecule has 1 aromatic carbocycles. The third-order valence-electron chi connectivity index (χ3n) is 1.20. The summed E-state index contributed by atoms with van der Waals surface area (Å²) in [5.41, 5.74) is 0. The first-order chi connectivity index (χ1) is 5.24. The van der Waals surface area contributed by atoms with Gasteiger partial charge in [0.15, 0.2) is 0 Å². The number of thioether (sulfide) groups is 1. The van der Waals surface area contributed by atoms with Crippen LogP contribution in [0.3, 0.4) is 0 Å². The van der Waals surface area contributed by atoms with E-state index in [1.165, 1.54) is 4.90 Å². The molecule has 3 heteroatoms. The minimum absolute atomic E-state index is 1.11. The highest BCUT2D eigenvalue weighted by Gasteiger charge is 1.97. The fraction of sp³-hybridized carbons (Fsp3) is 0.250. The lowest BCUT2D eigenvalue weighted by atomic mass is 10.4. The second kappa shape index (κ2) is 4.53. The van der Waals surface area contributed by atoms with Crippen LogP contribution in [0.25, 0.3) is 0 Å². The lowest BCUT2D eigenvalue weighted by molar-refractivity contribution is 1.39. The van der Waals surface area contributed by atoms with Gasteiger partial charge in [0.1, 0.15) is 0 Å². The van der Waals surface area contributed by atoms with E-state index >= 15 is 0 Å². The van der Waals surface area contributed by atoms with Crippen LogP contribution in [0.2, 0.25) is 0 Å². The van der Waals surface area contributed by atoms with E-state index in [2.05, 4.69) is 57.0 Å². The van der Waals surface area contributed by atoms with Gasteiger partial charge in [0.05, 0.1) is 0 Å². The van der Waals surface area contributed by atoms with Gasteiger partial charge >= 0.3 is 0 Å². The van der Waals surface area contributed by atoms with E-state index in [9.17, 15) is 0 Å². The zero-order valence-electron chi connectivity index (χ0n) is 6.10. The van der Waals surface area contributed by atoms with Gasteiger partial charge in [-0.2, -0.15) is 0 Å². The van der Waals surface area contributed by atoms with Gasteiger partial charge in [0.25, 0.3) is 0 Å². The van der Waals surface area contributed by atoms with Crippen molar-refractivity contribution in [2.24, 2.45) is 0 Å². The van der Waals surface area contributed by atoms with Crippen LogP contribution in [0, 0.1) is 0 Å². The molecule has 0 aliphatic heterocycles. The van der Waals surface area contributed by atoms with Crippen LogP contribution < -0.4 is 0 Å². The molecular weight excluding hydrogens is 288 g/mol. The quantitative estimate of drug-likeness (QED) is 0.732. The van der Waals surface area contributed by atoms with Crippen molar-refractivity contribution < 1.29 is 0 Å². The van der Waals surface area contributed by atoms with Crippen molar-refractivity contribution in [2.75, 3.05) is 5.75 Å². The molecule has 0 aliphatic rings. The van der Waals surface area contributed by atoms with Crippen molar-refractivity contribution in [3.8, 4) is 0 Å². The molecule has 0 aliphatic carbocycles. The van der Waals surface area contributed by atoms with Crippen LogP contribution in [0.5, 0.6) is 0 Å². The Labute approximate surface area is 88.0 Å². The first-order valence-electron chi connectivity index (χ1n) is 3.32. The van der Waals surface area contributed by atoms with Gasteiger partial charge in [-0.1, -0.05) is 6.92 Å². The molecule has 0 amide bonds. The van der Waals surface area contributed by atoms with E-state index in [4.69, 9.17) is 0 Å². The summed E-state index contributed by atoms with van der Waals surface area (Å²) in [6.45, 7) is 2.15. The third kappa shape index (κ3) is 2.80. The van der Waals surface area contributed by atoms with Crippen molar-refractivity contribution in [3.63, 3.8) is 0 Å². The number of halogens is 2. The highest BCUT2D eigenvalue weighted by Crippen LogP contribution is 2.28. The zero-order chi connectivity index (χ0) is 8.27. The van der Waals surface area contributed by atoms with Gasteiger partial charge in [-0.25, -0.2) is 0 Å². The topological polar surface area (TPSA) is 0 Å². The van der Waals surface area contributed by atoms with Crippen molar-refractivity contribution in [1.29, 1.82) is 0 Å². The maximum absolute atomic E-state index is 3.46. The normalized spacial score (nSPS) is 10.1. The number of hydrogen-bond acceptors (Lipinski definition) is 1. The van der Waals surface area contributed by atoms with Crippen molar-refractivity contribution in [1.82, 2.24) is 0 Å². The number of hydrogen-bond donors (Lipinski definition) is 0. The van der Waals surface area contributed by atoms with Gasteiger partial charge in [0, 0.05) is 13.8 Å². The molecule has 60 valence electrons. The summed E-state index contributed by atoms with van der Waals surface area (Å²) in [6.07, 6.45) is 0.